The minimum absolute atomic E-state index is 0.0294. The van der Waals surface area contributed by atoms with Crippen molar-refractivity contribution in [3.63, 3.8) is 0 Å². The van der Waals surface area contributed by atoms with E-state index in [2.05, 4.69) is 12.1 Å². The Balaban J connectivity index is 1.69. The highest BCUT2D eigenvalue weighted by Crippen LogP contribution is 2.26. The Kier molecular flexibility index (Phi) is 10.4. The third-order valence-corrected chi connectivity index (χ3v) is 5.80. The molecule has 0 heterocycles. The van der Waals surface area contributed by atoms with E-state index in [4.69, 9.17) is 19.7 Å². The number of thioether (sulfide) groups is 2. The molecular weight excluding hydrogens is 368 g/mol. The lowest BCUT2D eigenvalue weighted by Crippen LogP contribution is -2.03. The molecule has 2 aromatic carbocycles. The molecule has 2 N–H and O–H groups in total. The highest BCUT2D eigenvalue weighted by molar-refractivity contribution is 8.02. The Morgan fingerprint density at radius 2 is 1.08 bits per heavy atom. The van der Waals surface area contributed by atoms with Gasteiger partial charge in [0.05, 0.1) is 13.2 Å². The fourth-order valence-electron chi connectivity index (χ4n) is 2.32. The van der Waals surface area contributed by atoms with Crippen molar-refractivity contribution in [3.05, 3.63) is 59.7 Å². The van der Waals surface area contributed by atoms with Crippen LogP contribution in [0.25, 0.3) is 0 Å². The van der Waals surface area contributed by atoms with Gasteiger partial charge in [0.1, 0.15) is 24.7 Å². The molecule has 0 saturated carbocycles. The van der Waals surface area contributed by atoms with Gasteiger partial charge in [-0.1, -0.05) is 36.4 Å². The molecule has 142 valence electrons. The number of rotatable bonds is 13. The molecule has 0 bridgehead atoms. The van der Waals surface area contributed by atoms with Crippen LogP contribution in [0.15, 0.2) is 48.5 Å². The highest BCUT2D eigenvalue weighted by atomic mass is 32.2. The number of ether oxygens (including phenoxy) is 2. The summed E-state index contributed by atoms with van der Waals surface area (Å²) in [5.41, 5.74) is 2.33. The van der Waals surface area contributed by atoms with Gasteiger partial charge in [-0.25, -0.2) is 0 Å². The highest BCUT2D eigenvalue weighted by Gasteiger charge is 2.05. The summed E-state index contributed by atoms with van der Waals surface area (Å²) in [6.07, 6.45) is 0. The average molecular weight is 395 g/mol. The minimum atomic E-state index is 0.0294. The Morgan fingerprint density at radius 3 is 1.50 bits per heavy atom. The zero-order valence-electron chi connectivity index (χ0n) is 14.8. The number of para-hydroxylation sites is 2. The van der Waals surface area contributed by atoms with Gasteiger partial charge in [0.25, 0.3) is 0 Å². The minimum Gasteiger partial charge on any atom is -0.491 e. The van der Waals surface area contributed by atoms with E-state index in [0.29, 0.717) is 13.2 Å². The van der Waals surface area contributed by atoms with E-state index in [1.807, 2.05) is 59.9 Å². The molecule has 0 saturated heterocycles. The molecule has 0 fully saturated rings. The van der Waals surface area contributed by atoms with Crippen LogP contribution in [0.1, 0.15) is 11.1 Å². The lowest BCUT2D eigenvalue weighted by molar-refractivity contribution is 0.200. The predicted molar refractivity (Wildman–Crippen MR) is 110 cm³/mol. The van der Waals surface area contributed by atoms with Gasteiger partial charge >= 0.3 is 0 Å². The second-order valence-electron chi connectivity index (χ2n) is 5.46. The molecule has 4 nitrogen and oxygen atoms in total. The SMILES string of the molecule is OCCOc1ccccc1CSCCSCc1ccccc1OCCO. The van der Waals surface area contributed by atoms with Crippen molar-refractivity contribution < 1.29 is 19.7 Å². The maximum absolute atomic E-state index is 8.90. The summed E-state index contributed by atoms with van der Waals surface area (Å²) in [5.74, 6) is 5.63. The lowest BCUT2D eigenvalue weighted by atomic mass is 10.2. The molecule has 2 rings (SSSR count). The first-order valence-corrected chi connectivity index (χ1v) is 10.9. The van der Waals surface area contributed by atoms with E-state index in [1.54, 1.807) is 0 Å². The predicted octanol–water partition coefficient (Wildman–Crippen LogP) is 3.60. The zero-order valence-corrected chi connectivity index (χ0v) is 16.4. The van der Waals surface area contributed by atoms with Crippen molar-refractivity contribution in [2.45, 2.75) is 11.5 Å². The van der Waals surface area contributed by atoms with Crippen molar-refractivity contribution >= 4 is 23.5 Å². The summed E-state index contributed by atoms with van der Waals surface area (Å²) in [4.78, 5) is 0. The largest absolute Gasteiger partial charge is 0.491 e. The van der Waals surface area contributed by atoms with Crippen molar-refractivity contribution in [2.75, 3.05) is 37.9 Å². The fourth-order valence-corrected chi connectivity index (χ4v) is 4.47. The molecule has 0 radical (unpaired) electrons. The molecule has 0 unspecified atom stereocenters. The lowest BCUT2D eigenvalue weighted by Gasteiger charge is -2.11. The van der Waals surface area contributed by atoms with Gasteiger partial charge in [-0.15, -0.1) is 0 Å². The van der Waals surface area contributed by atoms with Crippen LogP contribution in [0.5, 0.6) is 11.5 Å². The summed E-state index contributed by atoms with van der Waals surface area (Å²) in [5, 5.41) is 17.8. The smallest absolute Gasteiger partial charge is 0.123 e. The van der Waals surface area contributed by atoms with E-state index in [1.165, 1.54) is 11.1 Å². The summed E-state index contributed by atoms with van der Waals surface area (Å²) in [6.45, 7) is 0.716. The van der Waals surface area contributed by atoms with Crippen LogP contribution in [0.2, 0.25) is 0 Å². The maximum Gasteiger partial charge on any atom is 0.123 e. The molecule has 0 atom stereocenters. The van der Waals surface area contributed by atoms with Crippen LogP contribution < -0.4 is 9.47 Å². The molecule has 0 aromatic heterocycles. The molecule has 0 aliphatic rings. The Hall–Kier alpha value is -1.34. The quantitative estimate of drug-likeness (QED) is 0.506. The van der Waals surface area contributed by atoms with Gasteiger partial charge in [-0.05, 0) is 12.1 Å². The molecule has 6 heteroatoms. The van der Waals surface area contributed by atoms with E-state index in [0.717, 1.165) is 34.5 Å². The van der Waals surface area contributed by atoms with Crippen molar-refractivity contribution in [1.82, 2.24) is 0 Å². The van der Waals surface area contributed by atoms with Crippen molar-refractivity contribution in [2.24, 2.45) is 0 Å². The molecule has 0 aliphatic heterocycles. The summed E-state index contributed by atoms with van der Waals surface area (Å²) in [6, 6.07) is 16.0. The fraction of sp³-hybridized carbons (Fsp3) is 0.400. The maximum atomic E-state index is 8.90. The zero-order chi connectivity index (χ0) is 18.5. The molecule has 0 aliphatic carbocycles. The average Bonchev–Trinajstić information content (AvgIpc) is 2.69. The topological polar surface area (TPSA) is 58.9 Å². The van der Waals surface area contributed by atoms with Crippen molar-refractivity contribution in [3.8, 4) is 11.5 Å². The van der Waals surface area contributed by atoms with Crippen LogP contribution in [-0.2, 0) is 11.5 Å². The van der Waals surface area contributed by atoms with Gasteiger partial charge in [-0.3, -0.25) is 0 Å². The number of hydrogen-bond acceptors (Lipinski definition) is 6. The van der Waals surface area contributed by atoms with Gasteiger partial charge in [0, 0.05) is 34.1 Å². The van der Waals surface area contributed by atoms with Crippen LogP contribution >= 0.6 is 23.5 Å². The Morgan fingerprint density at radius 1 is 0.654 bits per heavy atom. The van der Waals surface area contributed by atoms with Gasteiger partial charge in [-0.2, -0.15) is 23.5 Å². The number of benzene rings is 2. The molecule has 0 spiro atoms. The van der Waals surface area contributed by atoms with E-state index in [-0.39, 0.29) is 13.2 Å². The second-order valence-corrected chi connectivity index (χ2v) is 7.68. The third-order valence-electron chi connectivity index (χ3n) is 3.53. The number of aliphatic hydroxyl groups is 2. The first kappa shape index (κ1) is 21.0. The van der Waals surface area contributed by atoms with E-state index >= 15 is 0 Å². The second kappa shape index (κ2) is 12.9. The van der Waals surface area contributed by atoms with Crippen LogP contribution in [0.3, 0.4) is 0 Å². The van der Waals surface area contributed by atoms with Crippen LogP contribution in [0, 0.1) is 0 Å². The summed E-state index contributed by atoms with van der Waals surface area (Å²) < 4.78 is 11.1. The summed E-state index contributed by atoms with van der Waals surface area (Å²) >= 11 is 3.76. The number of hydrogen-bond donors (Lipinski definition) is 2. The molecule has 2 aromatic rings. The Bertz CT molecular complexity index is 581. The summed E-state index contributed by atoms with van der Waals surface area (Å²) in [7, 11) is 0. The van der Waals surface area contributed by atoms with E-state index < -0.39 is 0 Å². The monoisotopic (exact) mass is 394 g/mol. The third kappa shape index (κ3) is 7.50. The molecule has 26 heavy (non-hydrogen) atoms. The normalized spacial score (nSPS) is 10.7. The van der Waals surface area contributed by atoms with Gasteiger partial charge in [0.2, 0.25) is 0 Å². The van der Waals surface area contributed by atoms with Crippen LogP contribution in [0.4, 0.5) is 0 Å². The van der Waals surface area contributed by atoms with Crippen LogP contribution in [-0.4, -0.2) is 48.1 Å². The van der Waals surface area contributed by atoms with Crippen molar-refractivity contribution in [1.29, 1.82) is 0 Å². The van der Waals surface area contributed by atoms with Gasteiger partial charge in [0.15, 0.2) is 0 Å². The number of aliphatic hydroxyl groups excluding tert-OH is 2. The van der Waals surface area contributed by atoms with E-state index in [9.17, 15) is 0 Å². The standard InChI is InChI=1S/C20H26O4S2/c21-9-11-23-19-7-3-1-5-17(19)15-25-13-14-26-16-18-6-2-4-8-20(18)24-12-10-22/h1-8,21-22H,9-16H2. The first-order chi connectivity index (χ1) is 12.8. The first-order valence-electron chi connectivity index (χ1n) is 8.63. The molecule has 0 amide bonds. The Labute approximate surface area is 163 Å². The molecular formula is C20H26O4S2. The van der Waals surface area contributed by atoms with Gasteiger partial charge < -0.3 is 19.7 Å².